The van der Waals surface area contributed by atoms with Gasteiger partial charge in [-0.2, -0.15) is 5.26 Å². The van der Waals surface area contributed by atoms with Crippen molar-refractivity contribution in [1.29, 1.82) is 5.26 Å². The zero-order valence-corrected chi connectivity index (χ0v) is 12.2. The third kappa shape index (κ3) is 2.32. The first-order valence-corrected chi connectivity index (χ1v) is 7.30. The van der Waals surface area contributed by atoms with Crippen molar-refractivity contribution in [2.24, 2.45) is 5.92 Å². The van der Waals surface area contributed by atoms with Crippen molar-refractivity contribution in [3.05, 3.63) is 35.0 Å². The Morgan fingerprint density at radius 3 is 2.80 bits per heavy atom. The van der Waals surface area contributed by atoms with E-state index in [-0.39, 0.29) is 0 Å². The van der Waals surface area contributed by atoms with E-state index in [1.807, 2.05) is 18.2 Å². The van der Waals surface area contributed by atoms with Gasteiger partial charge >= 0.3 is 0 Å². The molecule has 1 aromatic heterocycles. The van der Waals surface area contributed by atoms with Crippen molar-refractivity contribution < 1.29 is 0 Å². The molecule has 1 fully saturated rings. The van der Waals surface area contributed by atoms with Crippen LogP contribution in [0.3, 0.4) is 0 Å². The molecule has 2 aromatic rings. The Hall–Kier alpha value is -1.79. The molecule has 0 amide bonds. The third-order valence-corrected chi connectivity index (χ3v) is 4.26. The maximum atomic E-state index is 9.38. The number of piperidine rings is 1. The fraction of sp³-hybridized carbons (Fsp3) is 0.375. The number of pyridine rings is 1. The molecule has 0 unspecified atom stereocenters. The Bertz CT molecular complexity index is 682. The van der Waals surface area contributed by atoms with Gasteiger partial charge in [-0.05, 0) is 37.0 Å². The second-order valence-corrected chi connectivity index (χ2v) is 5.90. The number of rotatable bonds is 1. The van der Waals surface area contributed by atoms with Gasteiger partial charge in [-0.3, -0.25) is 4.98 Å². The van der Waals surface area contributed by atoms with Crippen LogP contribution in [0.25, 0.3) is 10.9 Å². The van der Waals surface area contributed by atoms with E-state index in [0.29, 0.717) is 10.6 Å². The quantitative estimate of drug-likeness (QED) is 0.795. The first-order chi connectivity index (χ1) is 9.69. The van der Waals surface area contributed by atoms with Gasteiger partial charge in [0.05, 0.1) is 16.8 Å². The number of fused-ring (bicyclic) bond motifs is 1. The van der Waals surface area contributed by atoms with Crippen LogP contribution in [0.5, 0.6) is 0 Å². The Kier molecular flexibility index (Phi) is 3.50. The fourth-order valence-electron chi connectivity index (χ4n) is 2.81. The molecule has 0 N–H and O–H groups in total. The Morgan fingerprint density at radius 2 is 2.10 bits per heavy atom. The Labute approximate surface area is 123 Å². The lowest BCUT2D eigenvalue weighted by Crippen LogP contribution is -2.33. The van der Waals surface area contributed by atoms with Crippen LogP contribution < -0.4 is 4.90 Å². The van der Waals surface area contributed by atoms with Gasteiger partial charge in [-0.15, -0.1) is 0 Å². The number of aromatic nitrogens is 1. The predicted molar refractivity (Wildman–Crippen MR) is 82.1 cm³/mol. The summed E-state index contributed by atoms with van der Waals surface area (Å²) in [6.07, 6.45) is 3.99. The lowest BCUT2D eigenvalue weighted by Gasteiger charge is -2.33. The monoisotopic (exact) mass is 285 g/mol. The summed E-state index contributed by atoms with van der Waals surface area (Å²) in [5.74, 6) is 0.758. The highest BCUT2D eigenvalue weighted by Crippen LogP contribution is 2.33. The topological polar surface area (TPSA) is 39.9 Å². The number of halogens is 1. The SMILES string of the molecule is CC1CCN(c2c(C#N)cnc3ccc(Cl)cc23)CC1. The second kappa shape index (κ2) is 5.30. The van der Waals surface area contributed by atoms with E-state index in [1.54, 1.807) is 6.20 Å². The molecule has 3 rings (SSSR count). The van der Waals surface area contributed by atoms with Crippen LogP contribution in [-0.4, -0.2) is 18.1 Å². The molecule has 0 atom stereocenters. The van der Waals surface area contributed by atoms with Gasteiger partial charge in [0.1, 0.15) is 6.07 Å². The van der Waals surface area contributed by atoms with Crippen LogP contribution in [0, 0.1) is 17.2 Å². The van der Waals surface area contributed by atoms with Crippen LogP contribution in [0.15, 0.2) is 24.4 Å². The molecule has 0 bridgehead atoms. The van der Waals surface area contributed by atoms with Gasteiger partial charge in [-0.25, -0.2) is 0 Å². The summed E-state index contributed by atoms with van der Waals surface area (Å²) in [4.78, 5) is 6.66. The summed E-state index contributed by atoms with van der Waals surface area (Å²) in [6.45, 7) is 4.26. The van der Waals surface area contributed by atoms with E-state index in [4.69, 9.17) is 11.6 Å². The minimum Gasteiger partial charge on any atom is -0.370 e. The molecule has 4 heteroatoms. The molecule has 1 aliphatic rings. The van der Waals surface area contributed by atoms with Crippen molar-refractivity contribution in [3.8, 4) is 6.07 Å². The molecule has 0 spiro atoms. The van der Waals surface area contributed by atoms with Crippen LogP contribution in [0.4, 0.5) is 5.69 Å². The number of nitrogens with zero attached hydrogens (tertiary/aromatic N) is 3. The normalized spacial score (nSPS) is 16.4. The second-order valence-electron chi connectivity index (χ2n) is 5.46. The Balaban J connectivity index is 2.16. The lowest BCUT2D eigenvalue weighted by molar-refractivity contribution is 0.439. The fourth-order valence-corrected chi connectivity index (χ4v) is 2.98. The summed E-state index contributed by atoms with van der Waals surface area (Å²) in [7, 11) is 0. The van der Waals surface area contributed by atoms with Crippen LogP contribution in [0.2, 0.25) is 5.02 Å². The highest BCUT2D eigenvalue weighted by Gasteiger charge is 2.21. The average Bonchev–Trinajstić information content (AvgIpc) is 2.47. The van der Waals surface area contributed by atoms with Crippen molar-refractivity contribution >= 4 is 28.2 Å². The third-order valence-electron chi connectivity index (χ3n) is 4.02. The molecule has 3 nitrogen and oxygen atoms in total. The highest BCUT2D eigenvalue weighted by atomic mass is 35.5. The maximum Gasteiger partial charge on any atom is 0.103 e. The summed E-state index contributed by atoms with van der Waals surface area (Å²) >= 11 is 6.12. The highest BCUT2D eigenvalue weighted by molar-refractivity contribution is 6.31. The van der Waals surface area contributed by atoms with Crippen molar-refractivity contribution in [2.75, 3.05) is 18.0 Å². The standard InChI is InChI=1S/C16H16ClN3/c1-11-4-6-20(7-5-11)16-12(9-18)10-19-15-3-2-13(17)8-14(15)16/h2-3,8,10-11H,4-7H2,1H3. The largest absolute Gasteiger partial charge is 0.370 e. The van der Waals surface area contributed by atoms with E-state index in [9.17, 15) is 5.26 Å². The molecule has 0 aliphatic carbocycles. The van der Waals surface area contributed by atoms with Gasteiger partial charge in [0.25, 0.3) is 0 Å². The summed E-state index contributed by atoms with van der Waals surface area (Å²) in [5, 5.41) is 11.0. The smallest absolute Gasteiger partial charge is 0.103 e. The molecule has 1 saturated heterocycles. The molecule has 102 valence electrons. The molecule has 0 saturated carbocycles. The van der Waals surface area contributed by atoms with E-state index >= 15 is 0 Å². The van der Waals surface area contributed by atoms with Gasteiger partial charge in [0, 0.05) is 29.7 Å². The summed E-state index contributed by atoms with van der Waals surface area (Å²) in [5.41, 5.74) is 2.52. The van der Waals surface area contributed by atoms with Gasteiger partial charge < -0.3 is 4.90 Å². The molecule has 2 heterocycles. The molecular formula is C16H16ClN3. The molecule has 1 aliphatic heterocycles. The predicted octanol–water partition coefficient (Wildman–Crippen LogP) is 4.00. The zero-order valence-electron chi connectivity index (χ0n) is 11.4. The number of nitriles is 1. The lowest BCUT2D eigenvalue weighted by atomic mass is 9.97. The van der Waals surface area contributed by atoms with E-state index in [0.717, 1.165) is 48.4 Å². The first kappa shape index (κ1) is 13.2. The van der Waals surface area contributed by atoms with Crippen molar-refractivity contribution in [1.82, 2.24) is 4.98 Å². The zero-order chi connectivity index (χ0) is 14.1. The van der Waals surface area contributed by atoms with Gasteiger partial charge in [0.2, 0.25) is 0 Å². The summed E-state index contributed by atoms with van der Waals surface area (Å²) in [6, 6.07) is 7.93. The van der Waals surface area contributed by atoms with Crippen molar-refractivity contribution in [3.63, 3.8) is 0 Å². The van der Waals surface area contributed by atoms with Gasteiger partial charge in [0.15, 0.2) is 0 Å². The minimum absolute atomic E-state index is 0.634. The number of benzene rings is 1. The van der Waals surface area contributed by atoms with E-state index in [1.165, 1.54) is 0 Å². The maximum absolute atomic E-state index is 9.38. The van der Waals surface area contributed by atoms with E-state index in [2.05, 4.69) is 22.9 Å². The molecule has 20 heavy (non-hydrogen) atoms. The number of hydrogen-bond donors (Lipinski definition) is 0. The number of anilines is 1. The van der Waals surface area contributed by atoms with E-state index < -0.39 is 0 Å². The van der Waals surface area contributed by atoms with Crippen molar-refractivity contribution in [2.45, 2.75) is 19.8 Å². The Morgan fingerprint density at radius 1 is 1.35 bits per heavy atom. The van der Waals surface area contributed by atoms with Crippen LogP contribution in [0.1, 0.15) is 25.3 Å². The molecule has 0 radical (unpaired) electrons. The summed E-state index contributed by atoms with van der Waals surface area (Å²) < 4.78 is 0. The van der Waals surface area contributed by atoms with Gasteiger partial charge in [-0.1, -0.05) is 18.5 Å². The van der Waals surface area contributed by atoms with Crippen LogP contribution >= 0.6 is 11.6 Å². The molecule has 1 aromatic carbocycles. The van der Waals surface area contributed by atoms with Crippen LogP contribution in [-0.2, 0) is 0 Å². The number of hydrogen-bond acceptors (Lipinski definition) is 3. The minimum atomic E-state index is 0.634. The average molecular weight is 286 g/mol. The first-order valence-electron chi connectivity index (χ1n) is 6.92. The molecular weight excluding hydrogens is 270 g/mol.